The van der Waals surface area contributed by atoms with Crippen molar-refractivity contribution >= 4 is 51.0 Å². The van der Waals surface area contributed by atoms with Gasteiger partial charge in [0.15, 0.2) is 21.8 Å². The summed E-state index contributed by atoms with van der Waals surface area (Å²) in [4.78, 5) is 8.82. The molecule has 0 atom stereocenters. The Morgan fingerprint density at radius 3 is 2.53 bits per heavy atom. The summed E-state index contributed by atoms with van der Waals surface area (Å²) >= 11 is 13.5. The van der Waals surface area contributed by atoms with E-state index in [9.17, 15) is 0 Å². The molecule has 32 heavy (non-hydrogen) atoms. The lowest BCUT2D eigenvalue weighted by Gasteiger charge is -2.17. The average Bonchev–Trinajstić information content (AvgIpc) is 2.74. The van der Waals surface area contributed by atoms with Crippen LogP contribution >= 0.6 is 35.0 Å². The largest absolute Gasteiger partial charge is 0.490 e. The molecule has 0 aromatic heterocycles. The number of benzene rings is 2. The Kier molecular flexibility index (Phi) is 9.14. The molecule has 0 aliphatic carbocycles. The van der Waals surface area contributed by atoms with Gasteiger partial charge in [0.1, 0.15) is 0 Å². The third-order valence-corrected chi connectivity index (χ3v) is 5.85. The molecular weight excluding hydrogens is 467 g/mol. The number of amidine groups is 2. The van der Waals surface area contributed by atoms with E-state index in [0.717, 1.165) is 40.8 Å². The van der Waals surface area contributed by atoms with Crippen molar-refractivity contribution in [3.8, 4) is 11.5 Å². The maximum atomic E-state index is 6.05. The first-order valence-corrected chi connectivity index (χ1v) is 11.9. The van der Waals surface area contributed by atoms with Crippen LogP contribution in [0.4, 0.5) is 5.69 Å². The summed E-state index contributed by atoms with van der Waals surface area (Å²) < 4.78 is 11.3. The number of thioether (sulfide) groups is 1. The van der Waals surface area contributed by atoms with Gasteiger partial charge >= 0.3 is 0 Å². The molecule has 1 heterocycles. The Morgan fingerprint density at radius 2 is 1.81 bits per heavy atom. The number of hydrogen-bond donors (Lipinski definition) is 2. The summed E-state index contributed by atoms with van der Waals surface area (Å²) in [5.74, 6) is 1.45. The minimum absolute atomic E-state index is 0.569. The second kappa shape index (κ2) is 12.0. The highest BCUT2D eigenvalue weighted by atomic mass is 35.5. The Balaban J connectivity index is 1.49. The van der Waals surface area contributed by atoms with Gasteiger partial charge in [-0.3, -0.25) is 0 Å². The van der Waals surface area contributed by atoms with Gasteiger partial charge in [0.25, 0.3) is 0 Å². The van der Waals surface area contributed by atoms with E-state index in [1.165, 1.54) is 11.8 Å². The van der Waals surface area contributed by atoms with Crippen molar-refractivity contribution in [3.63, 3.8) is 0 Å². The van der Waals surface area contributed by atoms with E-state index in [1.54, 1.807) is 6.20 Å². The summed E-state index contributed by atoms with van der Waals surface area (Å²) in [5.41, 5.74) is 2.98. The quantitative estimate of drug-likeness (QED) is 0.404. The van der Waals surface area contributed by atoms with Crippen molar-refractivity contribution in [2.45, 2.75) is 27.2 Å². The van der Waals surface area contributed by atoms with Gasteiger partial charge in [0, 0.05) is 30.2 Å². The summed E-state index contributed by atoms with van der Waals surface area (Å²) in [6.07, 6.45) is 2.62. The molecule has 0 unspecified atom stereocenters. The number of anilines is 1. The molecule has 1 aliphatic rings. The van der Waals surface area contributed by atoms with E-state index in [1.807, 2.05) is 57.2 Å². The molecule has 9 heteroatoms. The van der Waals surface area contributed by atoms with Crippen molar-refractivity contribution in [2.24, 2.45) is 9.98 Å². The SMILES string of the molecule is CCOc1ccc(NC2=NC(=NC=C(C)NCCc3ccc(Cl)c(Cl)c3)S2)cc1OCC. The number of hydrogen-bond acceptors (Lipinski definition) is 6. The fourth-order valence-corrected chi connectivity index (χ4v) is 3.74. The molecule has 2 aromatic carbocycles. The van der Waals surface area contributed by atoms with Gasteiger partial charge in [-0.25, -0.2) is 4.99 Å². The first kappa shape index (κ1) is 24.3. The molecule has 0 radical (unpaired) electrons. The first-order chi connectivity index (χ1) is 15.5. The standard InChI is InChI=1S/C23H26Cl2N4O2S/c1-4-30-20-9-7-17(13-21(20)31-5-2)28-23-29-22(32-23)27-14-15(3)26-11-10-16-6-8-18(24)19(25)12-16/h6-9,12-14,26H,4-5,10-11H2,1-3H3,(H,27,28,29). The first-order valence-electron chi connectivity index (χ1n) is 10.3. The molecule has 170 valence electrons. The monoisotopic (exact) mass is 492 g/mol. The second-order valence-electron chi connectivity index (χ2n) is 6.82. The number of ether oxygens (including phenoxy) is 2. The maximum absolute atomic E-state index is 6.05. The Morgan fingerprint density at radius 1 is 1.06 bits per heavy atom. The smallest absolute Gasteiger partial charge is 0.197 e. The average molecular weight is 493 g/mol. The van der Waals surface area contributed by atoms with Crippen molar-refractivity contribution in [3.05, 3.63) is 63.9 Å². The number of nitrogens with one attached hydrogen (secondary N) is 2. The number of allylic oxidation sites excluding steroid dienone is 1. The van der Waals surface area contributed by atoms with E-state index in [4.69, 9.17) is 32.7 Å². The summed E-state index contributed by atoms with van der Waals surface area (Å²) in [5, 5.41) is 9.23. The summed E-state index contributed by atoms with van der Waals surface area (Å²) in [6, 6.07) is 11.4. The van der Waals surface area contributed by atoms with Crippen LogP contribution in [-0.2, 0) is 6.42 Å². The number of rotatable bonds is 10. The van der Waals surface area contributed by atoms with Gasteiger partial charge in [-0.1, -0.05) is 29.3 Å². The van der Waals surface area contributed by atoms with Crippen LogP contribution in [0.25, 0.3) is 0 Å². The molecule has 0 bridgehead atoms. The molecule has 1 aliphatic heterocycles. The molecule has 0 amide bonds. The van der Waals surface area contributed by atoms with Crippen LogP contribution in [0.2, 0.25) is 10.0 Å². The van der Waals surface area contributed by atoms with Crippen LogP contribution in [0.1, 0.15) is 26.3 Å². The molecule has 2 N–H and O–H groups in total. The molecule has 6 nitrogen and oxygen atoms in total. The topological polar surface area (TPSA) is 67.2 Å². The fraction of sp³-hybridized carbons (Fsp3) is 0.304. The molecule has 3 rings (SSSR count). The van der Waals surface area contributed by atoms with Crippen molar-refractivity contribution in [1.82, 2.24) is 5.32 Å². The highest BCUT2D eigenvalue weighted by molar-refractivity contribution is 8.29. The molecule has 2 aromatic rings. The highest BCUT2D eigenvalue weighted by Crippen LogP contribution is 2.32. The lowest BCUT2D eigenvalue weighted by molar-refractivity contribution is 0.288. The molecule has 0 fully saturated rings. The van der Waals surface area contributed by atoms with Gasteiger partial charge in [-0.2, -0.15) is 4.99 Å². The zero-order valence-corrected chi connectivity index (χ0v) is 20.6. The molecule has 0 spiro atoms. The van der Waals surface area contributed by atoms with E-state index in [0.29, 0.717) is 34.2 Å². The minimum atomic E-state index is 0.569. The van der Waals surface area contributed by atoms with Crippen molar-refractivity contribution < 1.29 is 9.47 Å². The predicted octanol–water partition coefficient (Wildman–Crippen LogP) is 6.36. The minimum Gasteiger partial charge on any atom is -0.490 e. The van der Waals surface area contributed by atoms with Crippen molar-refractivity contribution in [1.29, 1.82) is 0 Å². The van der Waals surface area contributed by atoms with E-state index < -0.39 is 0 Å². The normalized spacial score (nSPS) is 14.6. The maximum Gasteiger partial charge on any atom is 0.197 e. The lowest BCUT2D eigenvalue weighted by atomic mass is 10.1. The highest BCUT2D eigenvalue weighted by Gasteiger charge is 2.18. The van der Waals surface area contributed by atoms with Gasteiger partial charge in [0.2, 0.25) is 0 Å². The molecule has 0 saturated heterocycles. The van der Waals surface area contributed by atoms with E-state index in [-0.39, 0.29) is 0 Å². The van der Waals surface area contributed by atoms with Gasteiger partial charge in [0.05, 0.1) is 23.3 Å². The van der Waals surface area contributed by atoms with Gasteiger partial charge < -0.3 is 20.1 Å². The third kappa shape index (κ3) is 7.08. The third-order valence-electron chi connectivity index (χ3n) is 4.35. The summed E-state index contributed by atoms with van der Waals surface area (Å²) in [6.45, 7) is 7.80. The zero-order valence-electron chi connectivity index (χ0n) is 18.2. The number of halogens is 2. The van der Waals surface area contributed by atoms with Crippen molar-refractivity contribution in [2.75, 3.05) is 25.1 Å². The fourth-order valence-electron chi connectivity index (χ4n) is 2.84. The zero-order chi connectivity index (χ0) is 22.9. The van der Waals surface area contributed by atoms with Crippen LogP contribution in [-0.4, -0.2) is 30.1 Å². The number of aliphatic imine (C=N–C) groups is 2. The van der Waals surface area contributed by atoms with Crippen LogP contribution in [0.5, 0.6) is 11.5 Å². The van der Waals surface area contributed by atoms with Crippen LogP contribution in [0.3, 0.4) is 0 Å². The number of nitrogens with zero attached hydrogens (tertiary/aromatic N) is 2. The molecule has 0 saturated carbocycles. The van der Waals surface area contributed by atoms with Crippen LogP contribution in [0.15, 0.2) is 58.3 Å². The lowest BCUT2D eigenvalue weighted by Crippen LogP contribution is -2.19. The Hall–Kier alpha value is -2.35. The van der Waals surface area contributed by atoms with Gasteiger partial charge in [-0.15, -0.1) is 0 Å². The predicted molar refractivity (Wildman–Crippen MR) is 137 cm³/mol. The summed E-state index contributed by atoms with van der Waals surface area (Å²) in [7, 11) is 0. The second-order valence-corrected chi connectivity index (χ2v) is 8.59. The Labute approximate surface area is 203 Å². The van der Waals surface area contributed by atoms with E-state index in [2.05, 4.69) is 20.6 Å². The van der Waals surface area contributed by atoms with E-state index >= 15 is 0 Å². The van der Waals surface area contributed by atoms with Gasteiger partial charge in [-0.05, 0) is 68.8 Å². The Bertz CT molecular complexity index is 1040. The molecular formula is C23H26Cl2N4O2S. The van der Waals surface area contributed by atoms with Crippen LogP contribution < -0.4 is 20.1 Å². The van der Waals surface area contributed by atoms with Crippen LogP contribution in [0, 0.1) is 0 Å².